The summed E-state index contributed by atoms with van der Waals surface area (Å²) >= 11 is 0. The topological polar surface area (TPSA) is 89.6 Å². The fraction of sp³-hybridized carbons (Fsp3) is 0.280. The number of rotatable bonds is 3. The van der Waals surface area contributed by atoms with Crippen molar-refractivity contribution in [3.8, 4) is 22.6 Å². The molecule has 0 unspecified atom stereocenters. The Bertz CT molecular complexity index is 1450. The first kappa shape index (κ1) is 19.9. The van der Waals surface area contributed by atoms with Gasteiger partial charge in [-0.3, -0.25) is 15.1 Å². The minimum Gasteiger partial charge on any atom is -0.367 e. The van der Waals surface area contributed by atoms with Gasteiger partial charge >= 0.3 is 0 Å². The summed E-state index contributed by atoms with van der Waals surface area (Å²) in [4.78, 5) is 22.0. The normalized spacial score (nSPS) is 15.4. The van der Waals surface area contributed by atoms with Crippen LogP contribution in [0.25, 0.3) is 44.6 Å². The van der Waals surface area contributed by atoms with Crippen LogP contribution in [0.15, 0.2) is 49.1 Å². The van der Waals surface area contributed by atoms with Gasteiger partial charge in [-0.15, -0.1) is 0 Å². The molecule has 1 aromatic carbocycles. The molecule has 0 amide bonds. The number of aromatic amines is 2. The molecule has 4 aromatic heterocycles. The van der Waals surface area contributed by atoms with Gasteiger partial charge in [-0.1, -0.05) is 6.07 Å². The van der Waals surface area contributed by atoms with Crippen LogP contribution in [-0.4, -0.2) is 68.3 Å². The summed E-state index contributed by atoms with van der Waals surface area (Å²) in [7, 11) is 2.18. The first-order chi connectivity index (χ1) is 16.2. The van der Waals surface area contributed by atoms with Crippen molar-refractivity contribution < 1.29 is 0 Å². The molecule has 2 N–H and O–H groups in total. The van der Waals surface area contributed by atoms with Crippen LogP contribution in [0.1, 0.15) is 12.0 Å². The second kappa shape index (κ2) is 7.97. The number of pyridine rings is 2. The Labute approximate surface area is 191 Å². The lowest BCUT2D eigenvalue weighted by molar-refractivity contribution is 0.360. The molecule has 8 heteroatoms. The van der Waals surface area contributed by atoms with E-state index in [2.05, 4.69) is 67.1 Å². The highest BCUT2D eigenvalue weighted by atomic mass is 15.2. The summed E-state index contributed by atoms with van der Waals surface area (Å²) in [6, 6.07) is 8.36. The predicted octanol–water partition coefficient (Wildman–Crippen LogP) is 4.01. The summed E-state index contributed by atoms with van der Waals surface area (Å²) < 4.78 is 0. The van der Waals surface area contributed by atoms with Crippen molar-refractivity contribution >= 4 is 27.6 Å². The first-order valence-corrected chi connectivity index (χ1v) is 11.3. The molecule has 1 aliphatic heterocycles. The van der Waals surface area contributed by atoms with Gasteiger partial charge in [0.15, 0.2) is 5.82 Å². The number of fused-ring (bicyclic) bond motifs is 2. The van der Waals surface area contributed by atoms with Gasteiger partial charge in [0.2, 0.25) is 0 Å². The van der Waals surface area contributed by atoms with Crippen LogP contribution in [0.5, 0.6) is 0 Å². The molecule has 8 nitrogen and oxygen atoms in total. The summed E-state index contributed by atoms with van der Waals surface area (Å²) in [6.07, 6.45) is 8.64. The number of aromatic nitrogens is 6. The average molecular weight is 439 g/mol. The van der Waals surface area contributed by atoms with Gasteiger partial charge < -0.3 is 14.8 Å². The second-order valence-corrected chi connectivity index (χ2v) is 8.81. The van der Waals surface area contributed by atoms with Crippen LogP contribution in [0, 0.1) is 6.92 Å². The van der Waals surface area contributed by atoms with Crippen molar-refractivity contribution in [2.75, 3.05) is 38.1 Å². The number of aryl methyl sites for hydroxylation is 1. The summed E-state index contributed by atoms with van der Waals surface area (Å²) in [5, 5.41) is 8.80. The zero-order chi connectivity index (χ0) is 22.4. The third-order valence-electron chi connectivity index (χ3n) is 6.57. The molecular formula is C25H26N8. The molecular weight excluding hydrogens is 412 g/mol. The predicted molar refractivity (Wildman–Crippen MR) is 131 cm³/mol. The number of anilines is 1. The molecule has 0 atom stereocenters. The molecule has 0 saturated carbocycles. The molecule has 33 heavy (non-hydrogen) atoms. The van der Waals surface area contributed by atoms with Crippen LogP contribution in [0.3, 0.4) is 0 Å². The van der Waals surface area contributed by atoms with Crippen molar-refractivity contribution in [1.82, 2.24) is 35.0 Å². The Morgan fingerprint density at radius 1 is 0.939 bits per heavy atom. The number of hydrogen-bond donors (Lipinski definition) is 2. The van der Waals surface area contributed by atoms with Crippen LogP contribution in [0.2, 0.25) is 0 Å². The first-order valence-electron chi connectivity index (χ1n) is 11.3. The van der Waals surface area contributed by atoms with E-state index in [1.54, 1.807) is 0 Å². The van der Waals surface area contributed by atoms with E-state index < -0.39 is 0 Å². The molecule has 0 aliphatic carbocycles. The lowest BCUT2D eigenvalue weighted by Crippen LogP contribution is -2.28. The van der Waals surface area contributed by atoms with Crippen molar-refractivity contribution in [3.63, 3.8) is 0 Å². The number of nitrogens with zero attached hydrogens (tertiary/aromatic N) is 6. The average Bonchev–Trinajstić information content (AvgIpc) is 3.38. The zero-order valence-corrected chi connectivity index (χ0v) is 18.8. The maximum absolute atomic E-state index is 5.00. The Morgan fingerprint density at radius 2 is 1.88 bits per heavy atom. The largest absolute Gasteiger partial charge is 0.367 e. The molecule has 5 heterocycles. The van der Waals surface area contributed by atoms with Gasteiger partial charge in [-0.05, 0) is 56.3 Å². The lowest BCUT2D eigenvalue weighted by Gasteiger charge is -2.22. The monoisotopic (exact) mass is 438 g/mol. The molecule has 0 bridgehead atoms. The van der Waals surface area contributed by atoms with Crippen LogP contribution in [0.4, 0.5) is 5.69 Å². The number of likely N-dealkylation sites (N-methyl/N-ethyl adjacent to an activating group) is 1. The Balaban J connectivity index is 1.44. The third kappa shape index (κ3) is 3.52. The van der Waals surface area contributed by atoms with Gasteiger partial charge in [0.1, 0.15) is 11.2 Å². The van der Waals surface area contributed by atoms with E-state index in [1.165, 1.54) is 5.56 Å². The van der Waals surface area contributed by atoms with Crippen molar-refractivity contribution in [3.05, 3.63) is 54.6 Å². The van der Waals surface area contributed by atoms with Crippen LogP contribution < -0.4 is 4.90 Å². The van der Waals surface area contributed by atoms with E-state index in [4.69, 9.17) is 4.98 Å². The van der Waals surface area contributed by atoms with Gasteiger partial charge in [0.05, 0.1) is 29.1 Å². The number of nitrogens with one attached hydrogen (secondary N) is 2. The van der Waals surface area contributed by atoms with E-state index in [0.717, 1.165) is 82.9 Å². The van der Waals surface area contributed by atoms with E-state index in [1.807, 2.05) is 30.9 Å². The third-order valence-corrected chi connectivity index (χ3v) is 6.57. The smallest absolute Gasteiger partial charge is 0.159 e. The van der Waals surface area contributed by atoms with E-state index >= 15 is 0 Å². The lowest BCUT2D eigenvalue weighted by atomic mass is 10.0. The summed E-state index contributed by atoms with van der Waals surface area (Å²) in [6.45, 7) is 6.23. The standard InChI is InChI=1S/C25H26N8/c1-16-6-7-26-13-19(16)17-4-5-20-18(12-17)23(31-30-20)25-28-21-14-27-15-22(24(21)29-25)33-9-3-8-32(2)10-11-33/h4-7,12-15H,3,8-11H2,1-2H3,(H,28,29)(H,30,31). The SMILES string of the molecule is Cc1ccncc1-c1ccc2[nH]nc(-c3nc4c(N5CCCN(C)CC5)cncc4[nH]3)c2c1. The number of imidazole rings is 1. The minimum atomic E-state index is 0.748. The molecule has 166 valence electrons. The number of H-pyrrole nitrogens is 2. The quantitative estimate of drug-likeness (QED) is 0.442. The van der Waals surface area contributed by atoms with Gasteiger partial charge in [-0.2, -0.15) is 5.10 Å². The van der Waals surface area contributed by atoms with Crippen molar-refractivity contribution in [2.45, 2.75) is 13.3 Å². The highest BCUT2D eigenvalue weighted by molar-refractivity contribution is 5.97. The van der Waals surface area contributed by atoms with E-state index in [9.17, 15) is 0 Å². The molecule has 6 rings (SSSR count). The zero-order valence-electron chi connectivity index (χ0n) is 18.8. The highest BCUT2D eigenvalue weighted by Crippen LogP contribution is 2.33. The van der Waals surface area contributed by atoms with Crippen LogP contribution >= 0.6 is 0 Å². The summed E-state index contributed by atoms with van der Waals surface area (Å²) in [5.41, 5.74) is 8.16. The minimum absolute atomic E-state index is 0.748. The maximum atomic E-state index is 5.00. The Kier molecular flexibility index (Phi) is 4.80. The maximum Gasteiger partial charge on any atom is 0.159 e. The fourth-order valence-corrected chi connectivity index (χ4v) is 4.68. The van der Waals surface area contributed by atoms with Gasteiger partial charge in [-0.25, -0.2) is 4.98 Å². The van der Waals surface area contributed by atoms with Crippen molar-refractivity contribution in [2.24, 2.45) is 0 Å². The molecule has 1 fully saturated rings. The molecule has 1 saturated heterocycles. The Morgan fingerprint density at radius 3 is 2.79 bits per heavy atom. The van der Waals surface area contributed by atoms with E-state index in [-0.39, 0.29) is 0 Å². The van der Waals surface area contributed by atoms with Crippen LogP contribution in [-0.2, 0) is 0 Å². The van der Waals surface area contributed by atoms with Crippen molar-refractivity contribution in [1.29, 1.82) is 0 Å². The molecule has 1 aliphatic rings. The number of benzene rings is 1. The van der Waals surface area contributed by atoms with Gasteiger partial charge in [0.25, 0.3) is 0 Å². The highest BCUT2D eigenvalue weighted by Gasteiger charge is 2.19. The molecule has 0 spiro atoms. The number of hydrogen-bond acceptors (Lipinski definition) is 6. The second-order valence-electron chi connectivity index (χ2n) is 8.81. The van der Waals surface area contributed by atoms with Gasteiger partial charge in [0, 0.05) is 43.0 Å². The fourth-order valence-electron chi connectivity index (χ4n) is 4.68. The molecule has 5 aromatic rings. The molecule has 0 radical (unpaired) electrons. The van der Waals surface area contributed by atoms with E-state index in [0.29, 0.717) is 0 Å². The summed E-state index contributed by atoms with van der Waals surface area (Å²) in [5.74, 6) is 0.748. The Hall–Kier alpha value is -3.78.